The normalized spacial score (nSPS) is 19.3. The van der Waals surface area contributed by atoms with Crippen LogP contribution < -0.4 is 25.4 Å². The topological polar surface area (TPSA) is 161 Å². The van der Waals surface area contributed by atoms with E-state index >= 15 is 0 Å². The fourth-order valence-electron chi connectivity index (χ4n) is 5.49. The molecule has 0 bridgehead atoms. The molecule has 2 heterocycles. The Morgan fingerprint density at radius 1 is 1.19 bits per heavy atom. The molecule has 0 amide bonds. The van der Waals surface area contributed by atoms with Gasteiger partial charge >= 0.3 is 5.97 Å². The van der Waals surface area contributed by atoms with Crippen LogP contribution in [-0.4, -0.2) is 73.4 Å². The predicted octanol–water partition coefficient (Wildman–Crippen LogP) is 2.73. The van der Waals surface area contributed by atoms with E-state index in [4.69, 9.17) is 14.2 Å². The lowest BCUT2D eigenvalue weighted by Crippen LogP contribution is -2.55. The number of nitro groups is 1. The zero-order chi connectivity index (χ0) is 31.3. The van der Waals surface area contributed by atoms with Crippen molar-refractivity contribution in [2.75, 3.05) is 33.9 Å². The maximum atomic E-state index is 14.1. The van der Waals surface area contributed by atoms with Crippen molar-refractivity contribution < 1.29 is 33.8 Å². The summed E-state index contributed by atoms with van der Waals surface area (Å²) in [6, 6.07) is 12.5. The first kappa shape index (κ1) is 31.7. The van der Waals surface area contributed by atoms with E-state index in [1.54, 1.807) is 38.3 Å². The molecular weight excluding hydrogens is 556 g/mol. The van der Waals surface area contributed by atoms with Crippen LogP contribution in [0.1, 0.15) is 38.7 Å². The number of benzene rings is 2. The number of methoxy groups -OCH3 is 2. The molecule has 2 aromatic rings. The summed E-state index contributed by atoms with van der Waals surface area (Å²) in [5.41, 5.74) is 1.45. The number of nitrogens with zero attached hydrogens (tertiary/aromatic N) is 1. The Labute approximate surface area is 250 Å². The van der Waals surface area contributed by atoms with Crippen LogP contribution in [0, 0.1) is 10.1 Å². The molecular formula is C31H38N4O8. The molecule has 2 aliphatic rings. The van der Waals surface area contributed by atoms with Gasteiger partial charge in [0.15, 0.2) is 17.3 Å². The number of aliphatic hydroxyl groups excluding tert-OH is 1. The third kappa shape index (κ3) is 7.22. The fraction of sp³-hybridized carbons (Fsp3) is 0.419. The number of non-ortho nitro benzene ring substituents is 1. The number of ketones is 1. The van der Waals surface area contributed by atoms with E-state index in [1.807, 2.05) is 26.0 Å². The molecule has 4 N–H and O–H groups in total. The van der Waals surface area contributed by atoms with E-state index < -0.39 is 34.5 Å². The number of allylic oxidation sites excluding steroid dienone is 1. The van der Waals surface area contributed by atoms with Gasteiger partial charge in [0.2, 0.25) is 0 Å². The molecule has 2 aliphatic heterocycles. The van der Waals surface area contributed by atoms with Crippen LogP contribution >= 0.6 is 0 Å². The van der Waals surface area contributed by atoms with E-state index in [1.165, 1.54) is 19.2 Å². The van der Waals surface area contributed by atoms with Crippen molar-refractivity contribution >= 4 is 17.4 Å². The summed E-state index contributed by atoms with van der Waals surface area (Å²) in [4.78, 5) is 38.1. The number of hydrogen-bond acceptors (Lipinski definition) is 11. The minimum absolute atomic E-state index is 0.0405. The van der Waals surface area contributed by atoms with E-state index in [2.05, 4.69) is 16.0 Å². The van der Waals surface area contributed by atoms with Crippen LogP contribution in [0.25, 0.3) is 0 Å². The van der Waals surface area contributed by atoms with Gasteiger partial charge in [-0.2, -0.15) is 0 Å². The number of Topliss-reactive ketones (excluding diaryl/α,β-unsaturated/α-hetero) is 1. The Balaban J connectivity index is 1.50. The summed E-state index contributed by atoms with van der Waals surface area (Å²) < 4.78 is 16.1. The van der Waals surface area contributed by atoms with Crippen molar-refractivity contribution in [1.29, 1.82) is 0 Å². The zero-order valence-electron chi connectivity index (χ0n) is 24.9. The summed E-state index contributed by atoms with van der Waals surface area (Å²) in [6.45, 7) is 6.16. The quantitative estimate of drug-likeness (QED) is 0.162. The van der Waals surface area contributed by atoms with Gasteiger partial charge in [-0.3, -0.25) is 14.9 Å². The number of esters is 1. The molecule has 0 radical (unpaired) electrons. The van der Waals surface area contributed by atoms with E-state index in [0.29, 0.717) is 47.0 Å². The molecule has 0 aliphatic carbocycles. The lowest BCUT2D eigenvalue weighted by molar-refractivity contribution is -0.384. The monoisotopic (exact) mass is 594 g/mol. The molecule has 3 unspecified atom stereocenters. The van der Waals surface area contributed by atoms with E-state index in [0.717, 1.165) is 0 Å². The molecule has 43 heavy (non-hydrogen) atoms. The molecule has 230 valence electrons. The standard InChI is InChI=1S/C31H38N4O8/c1-18-26(30(38)42-5)27(19-9-8-10-20(13-19)35(39)40)28-23(34-18)16-32-22(29(28)37)14-31(2,3)33-15-21(36)17-43-25-12-7-6-11-24(25)41-4/h6-13,21-22,27,32-34,36H,14-17H2,1-5H3. The second kappa shape index (κ2) is 13.4. The highest BCUT2D eigenvalue weighted by atomic mass is 16.6. The maximum Gasteiger partial charge on any atom is 0.336 e. The van der Waals surface area contributed by atoms with Crippen molar-refractivity contribution in [2.24, 2.45) is 0 Å². The van der Waals surface area contributed by atoms with Crippen LogP contribution in [0.15, 0.2) is 71.1 Å². The fourth-order valence-corrected chi connectivity index (χ4v) is 5.49. The van der Waals surface area contributed by atoms with Crippen molar-refractivity contribution in [3.8, 4) is 11.5 Å². The van der Waals surface area contributed by atoms with Crippen molar-refractivity contribution in [1.82, 2.24) is 16.0 Å². The molecule has 0 saturated heterocycles. The Morgan fingerprint density at radius 2 is 1.91 bits per heavy atom. The van der Waals surface area contributed by atoms with Gasteiger partial charge in [0.25, 0.3) is 5.69 Å². The van der Waals surface area contributed by atoms with E-state index in [9.17, 15) is 24.8 Å². The zero-order valence-corrected chi connectivity index (χ0v) is 24.9. The summed E-state index contributed by atoms with van der Waals surface area (Å²) in [7, 11) is 2.80. The van der Waals surface area contributed by atoms with Crippen LogP contribution in [-0.2, 0) is 14.3 Å². The number of aliphatic hydroxyl groups is 1. The number of carbonyl (C=O) groups excluding carboxylic acids is 2. The van der Waals surface area contributed by atoms with Gasteiger partial charge in [0, 0.05) is 53.6 Å². The number of nitrogens with one attached hydrogen (secondary N) is 3. The van der Waals surface area contributed by atoms with Gasteiger partial charge in [-0.25, -0.2) is 4.79 Å². The second-order valence-electron chi connectivity index (χ2n) is 11.2. The SMILES string of the molecule is COC(=O)C1=C(C)NC2=C(C(=O)C(CC(C)(C)NCC(O)COc3ccccc3OC)NC2)C1c1cccc([N+](=O)[O-])c1. The number of rotatable bonds is 12. The van der Waals surface area contributed by atoms with Gasteiger partial charge in [0.1, 0.15) is 12.7 Å². The number of hydrogen-bond donors (Lipinski definition) is 4. The smallest absolute Gasteiger partial charge is 0.336 e. The lowest BCUT2D eigenvalue weighted by Gasteiger charge is -2.39. The lowest BCUT2D eigenvalue weighted by atomic mass is 9.74. The van der Waals surface area contributed by atoms with Crippen LogP contribution in [0.3, 0.4) is 0 Å². The number of carbonyl (C=O) groups is 2. The number of nitro benzene ring substituents is 1. The van der Waals surface area contributed by atoms with Crippen molar-refractivity contribution in [3.63, 3.8) is 0 Å². The summed E-state index contributed by atoms with van der Waals surface area (Å²) in [5, 5.41) is 31.9. The Hall–Kier alpha value is -4.26. The van der Waals surface area contributed by atoms with Gasteiger partial charge in [-0.1, -0.05) is 24.3 Å². The van der Waals surface area contributed by atoms with E-state index in [-0.39, 0.29) is 30.2 Å². The van der Waals surface area contributed by atoms with Gasteiger partial charge in [-0.15, -0.1) is 0 Å². The highest BCUT2D eigenvalue weighted by Gasteiger charge is 2.43. The van der Waals surface area contributed by atoms with Gasteiger partial charge in [0.05, 0.1) is 30.8 Å². The van der Waals surface area contributed by atoms with Crippen molar-refractivity contribution in [2.45, 2.75) is 50.8 Å². The average molecular weight is 595 g/mol. The summed E-state index contributed by atoms with van der Waals surface area (Å²) in [5.74, 6) is -0.596. The van der Waals surface area contributed by atoms with Gasteiger partial charge < -0.3 is 35.3 Å². The minimum atomic E-state index is -0.842. The first-order valence-corrected chi connectivity index (χ1v) is 14.0. The number of dihydropyridines is 1. The highest BCUT2D eigenvalue weighted by Crippen LogP contribution is 2.41. The first-order chi connectivity index (χ1) is 20.5. The molecule has 2 aromatic carbocycles. The Bertz CT molecular complexity index is 1450. The molecule has 12 nitrogen and oxygen atoms in total. The first-order valence-electron chi connectivity index (χ1n) is 14.0. The molecule has 3 atom stereocenters. The third-order valence-electron chi connectivity index (χ3n) is 7.60. The molecule has 0 fully saturated rings. The van der Waals surface area contributed by atoms with Crippen LogP contribution in [0.4, 0.5) is 5.69 Å². The third-order valence-corrected chi connectivity index (χ3v) is 7.60. The minimum Gasteiger partial charge on any atom is -0.493 e. The summed E-state index contributed by atoms with van der Waals surface area (Å²) >= 11 is 0. The summed E-state index contributed by atoms with van der Waals surface area (Å²) in [6.07, 6.45) is -0.467. The molecule has 12 heteroatoms. The largest absolute Gasteiger partial charge is 0.493 e. The average Bonchev–Trinajstić information content (AvgIpc) is 2.99. The molecule has 0 aromatic heterocycles. The highest BCUT2D eigenvalue weighted by molar-refractivity contribution is 6.06. The van der Waals surface area contributed by atoms with Gasteiger partial charge in [-0.05, 0) is 44.9 Å². The number of ether oxygens (including phenoxy) is 3. The number of para-hydroxylation sites is 2. The Morgan fingerprint density at radius 3 is 2.58 bits per heavy atom. The second-order valence-corrected chi connectivity index (χ2v) is 11.2. The number of β-amino-alcohol motifs (C(OH)–C–C–N with tert-alkyl or cyclic N) is 1. The van der Waals surface area contributed by atoms with Crippen LogP contribution in [0.5, 0.6) is 11.5 Å². The molecule has 0 spiro atoms. The van der Waals surface area contributed by atoms with Crippen LogP contribution in [0.2, 0.25) is 0 Å². The predicted molar refractivity (Wildman–Crippen MR) is 159 cm³/mol. The molecule has 4 rings (SSSR count). The maximum absolute atomic E-state index is 14.1. The molecule has 0 saturated carbocycles. The van der Waals surface area contributed by atoms with Crippen molar-refractivity contribution in [3.05, 3.63) is 86.7 Å². The Kier molecular flexibility index (Phi) is 9.84.